The van der Waals surface area contributed by atoms with Crippen LogP contribution in [0.5, 0.6) is 0 Å². The zero-order valence-corrected chi connectivity index (χ0v) is 5.21. The summed E-state index contributed by atoms with van der Waals surface area (Å²) in [5, 5.41) is 8.59. The molecule has 0 bridgehead atoms. The van der Waals surface area contributed by atoms with Crippen LogP contribution in [-0.4, -0.2) is 23.9 Å². The summed E-state index contributed by atoms with van der Waals surface area (Å²) in [4.78, 5) is 0. The molecule has 2 heteroatoms. The zero-order chi connectivity index (χ0) is 6.69. The first-order valence-electron chi connectivity index (χ1n) is 3.09. The molecule has 1 rings (SSSR count). The van der Waals surface area contributed by atoms with Gasteiger partial charge in [-0.2, -0.15) is 0 Å². The summed E-state index contributed by atoms with van der Waals surface area (Å²) in [6, 6.07) is 0. The molecule has 1 aliphatic heterocycles. The Morgan fingerprint density at radius 1 is 1.67 bits per heavy atom. The second-order valence-corrected chi connectivity index (χ2v) is 2.17. The Hall–Kier alpha value is -0.520. The van der Waals surface area contributed by atoms with Crippen LogP contribution in [0.25, 0.3) is 0 Å². The van der Waals surface area contributed by atoms with E-state index >= 15 is 0 Å². The van der Waals surface area contributed by atoms with Gasteiger partial charge in [0.05, 0.1) is 12.7 Å². The monoisotopic (exact) mass is 126 g/mol. The molecule has 2 nitrogen and oxygen atoms in total. The molecule has 0 aromatic carbocycles. The van der Waals surface area contributed by atoms with Crippen LogP contribution in [0.3, 0.4) is 0 Å². The van der Waals surface area contributed by atoms with Gasteiger partial charge < -0.3 is 9.84 Å². The van der Waals surface area contributed by atoms with E-state index in [-0.39, 0.29) is 18.8 Å². The number of aliphatic hydroxyl groups excluding tert-OH is 1. The van der Waals surface area contributed by atoms with Crippen molar-refractivity contribution in [1.29, 1.82) is 0 Å². The first-order valence-corrected chi connectivity index (χ1v) is 3.09. The van der Waals surface area contributed by atoms with E-state index in [2.05, 4.69) is 5.92 Å². The molecule has 0 aromatic heterocycles. The summed E-state index contributed by atoms with van der Waals surface area (Å²) in [6.45, 7) is 0.0954. The molecule has 0 saturated carbocycles. The van der Waals surface area contributed by atoms with Crippen molar-refractivity contribution in [3.05, 3.63) is 0 Å². The van der Waals surface area contributed by atoms with Crippen molar-refractivity contribution in [3.63, 3.8) is 0 Å². The molecule has 1 heterocycles. The molecule has 0 spiro atoms. The lowest BCUT2D eigenvalue weighted by Gasteiger charge is -2.04. The standard InChI is InChI=1S/C7H10O2/c1-2-6-3-4-7(5-8)9-6/h1,6-8H,3-5H2/t6-,7+/m0/s1. The Morgan fingerprint density at radius 3 is 2.78 bits per heavy atom. The average molecular weight is 126 g/mol. The van der Waals surface area contributed by atoms with E-state index in [1.807, 2.05) is 0 Å². The fourth-order valence-corrected chi connectivity index (χ4v) is 0.963. The van der Waals surface area contributed by atoms with E-state index in [0.717, 1.165) is 12.8 Å². The van der Waals surface area contributed by atoms with Crippen LogP contribution in [0.2, 0.25) is 0 Å². The molecule has 0 radical (unpaired) electrons. The third-order valence-corrected chi connectivity index (χ3v) is 1.50. The van der Waals surface area contributed by atoms with Gasteiger partial charge in [0.25, 0.3) is 0 Å². The van der Waals surface area contributed by atoms with E-state index in [1.165, 1.54) is 0 Å². The van der Waals surface area contributed by atoms with Crippen LogP contribution in [0, 0.1) is 12.3 Å². The fourth-order valence-electron chi connectivity index (χ4n) is 0.963. The molecule has 50 valence electrons. The third kappa shape index (κ3) is 1.44. The normalized spacial score (nSPS) is 34.2. The smallest absolute Gasteiger partial charge is 0.118 e. The maximum atomic E-state index is 8.59. The second-order valence-electron chi connectivity index (χ2n) is 2.17. The van der Waals surface area contributed by atoms with E-state index in [4.69, 9.17) is 16.3 Å². The van der Waals surface area contributed by atoms with Crippen molar-refractivity contribution < 1.29 is 9.84 Å². The highest BCUT2D eigenvalue weighted by molar-refractivity contribution is 4.97. The van der Waals surface area contributed by atoms with Gasteiger partial charge in [0.1, 0.15) is 6.10 Å². The highest BCUT2D eigenvalue weighted by Gasteiger charge is 2.22. The number of hydrogen-bond donors (Lipinski definition) is 1. The molecular formula is C7H10O2. The van der Waals surface area contributed by atoms with Gasteiger partial charge in [0.2, 0.25) is 0 Å². The summed E-state index contributed by atoms with van der Waals surface area (Å²) in [6.07, 6.45) is 6.82. The second kappa shape index (κ2) is 2.86. The zero-order valence-electron chi connectivity index (χ0n) is 5.21. The van der Waals surface area contributed by atoms with Crippen LogP contribution in [0.15, 0.2) is 0 Å². The quantitative estimate of drug-likeness (QED) is 0.507. The number of aliphatic hydroxyl groups is 1. The number of terminal acetylenes is 1. The molecule has 1 saturated heterocycles. The predicted octanol–water partition coefficient (Wildman–Crippen LogP) is 0.160. The first kappa shape index (κ1) is 6.60. The largest absolute Gasteiger partial charge is 0.394 e. The van der Waals surface area contributed by atoms with Gasteiger partial charge in [-0.1, -0.05) is 5.92 Å². The molecule has 1 N–H and O–H groups in total. The minimum absolute atomic E-state index is 0.00829. The molecule has 0 amide bonds. The Kier molecular flexibility index (Phi) is 2.10. The molecule has 1 aliphatic rings. The van der Waals surface area contributed by atoms with Gasteiger partial charge in [-0.15, -0.1) is 6.42 Å². The Labute approximate surface area is 54.8 Å². The fraction of sp³-hybridized carbons (Fsp3) is 0.714. The highest BCUT2D eigenvalue weighted by Crippen LogP contribution is 2.17. The Balaban J connectivity index is 2.31. The molecule has 9 heavy (non-hydrogen) atoms. The summed E-state index contributed by atoms with van der Waals surface area (Å²) < 4.78 is 5.17. The van der Waals surface area contributed by atoms with Crippen LogP contribution >= 0.6 is 0 Å². The third-order valence-electron chi connectivity index (χ3n) is 1.50. The summed E-state index contributed by atoms with van der Waals surface area (Å²) in [5.74, 6) is 2.49. The van der Waals surface area contributed by atoms with Crippen molar-refractivity contribution in [2.75, 3.05) is 6.61 Å². The molecular weight excluding hydrogens is 116 g/mol. The molecule has 1 fully saturated rings. The Morgan fingerprint density at radius 2 is 2.44 bits per heavy atom. The van der Waals surface area contributed by atoms with E-state index in [1.54, 1.807) is 0 Å². The summed E-state index contributed by atoms with van der Waals surface area (Å²) >= 11 is 0. The van der Waals surface area contributed by atoms with Gasteiger partial charge in [-0.25, -0.2) is 0 Å². The Bertz CT molecular complexity index is 125. The lowest BCUT2D eigenvalue weighted by molar-refractivity contribution is 0.0347. The minimum Gasteiger partial charge on any atom is -0.394 e. The van der Waals surface area contributed by atoms with Crippen LogP contribution in [-0.2, 0) is 4.74 Å². The maximum Gasteiger partial charge on any atom is 0.118 e. The van der Waals surface area contributed by atoms with Crippen molar-refractivity contribution in [3.8, 4) is 12.3 Å². The van der Waals surface area contributed by atoms with Gasteiger partial charge >= 0.3 is 0 Å². The minimum atomic E-state index is -0.0536. The lowest BCUT2D eigenvalue weighted by atomic mass is 10.2. The van der Waals surface area contributed by atoms with E-state index in [9.17, 15) is 0 Å². The van der Waals surface area contributed by atoms with Crippen LogP contribution in [0.1, 0.15) is 12.8 Å². The van der Waals surface area contributed by atoms with Gasteiger partial charge in [0.15, 0.2) is 0 Å². The van der Waals surface area contributed by atoms with Gasteiger partial charge in [-0.3, -0.25) is 0 Å². The van der Waals surface area contributed by atoms with Crippen molar-refractivity contribution in [2.24, 2.45) is 0 Å². The molecule has 2 atom stereocenters. The number of hydrogen-bond acceptors (Lipinski definition) is 2. The van der Waals surface area contributed by atoms with Crippen LogP contribution in [0.4, 0.5) is 0 Å². The molecule has 0 aliphatic carbocycles. The van der Waals surface area contributed by atoms with Crippen LogP contribution < -0.4 is 0 Å². The van der Waals surface area contributed by atoms with Crippen molar-refractivity contribution >= 4 is 0 Å². The molecule has 0 aromatic rings. The first-order chi connectivity index (χ1) is 4.36. The maximum absolute atomic E-state index is 8.59. The number of ether oxygens (including phenoxy) is 1. The average Bonchev–Trinajstić information content (AvgIpc) is 2.34. The highest BCUT2D eigenvalue weighted by atomic mass is 16.5. The predicted molar refractivity (Wildman–Crippen MR) is 33.8 cm³/mol. The van der Waals surface area contributed by atoms with Crippen molar-refractivity contribution in [2.45, 2.75) is 25.0 Å². The van der Waals surface area contributed by atoms with E-state index in [0.29, 0.717) is 0 Å². The summed E-state index contributed by atoms with van der Waals surface area (Å²) in [5.41, 5.74) is 0. The molecule has 0 unspecified atom stereocenters. The topological polar surface area (TPSA) is 29.5 Å². The van der Waals surface area contributed by atoms with Crippen molar-refractivity contribution in [1.82, 2.24) is 0 Å². The summed E-state index contributed by atoms with van der Waals surface area (Å²) in [7, 11) is 0. The van der Waals surface area contributed by atoms with Gasteiger partial charge in [0, 0.05) is 0 Å². The lowest BCUT2D eigenvalue weighted by Crippen LogP contribution is -2.12. The SMILES string of the molecule is C#C[C@H]1CC[C@H](CO)O1. The number of rotatable bonds is 1. The van der Waals surface area contributed by atoms with Gasteiger partial charge in [-0.05, 0) is 12.8 Å². The van der Waals surface area contributed by atoms with E-state index < -0.39 is 0 Å².